The largest absolute Gasteiger partial charge is 0.347 e. The van der Waals surface area contributed by atoms with Crippen LogP contribution in [0.1, 0.15) is 18.4 Å². The Morgan fingerprint density at radius 3 is 2.56 bits per heavy atom. The molecule has 1 amide bonds. The summed E-state index contributed by atoms with van der Waals surface area (Å²) < 4.78 is 36.6. The molecule has 0 atom stereocenters. The minimum Gasteiger partial charge on any atom is -0.347 e. The van der Waals surface area contributed by atoms with Gasteiger partial charge < -0.3 is 14.4 Å². The van der Waals surface area contributed by atoms with Crippen molar-refractivity contribution in [2.45, 2.75) is 25.2 Å². The molecule has 8 nitrogen and oxygen atoms in total. The number of ether oxygens (including phenoxy) is 2. The van der Waals surface area contributed by atoms with Gasteiger partial charge in [0, 0.05) is 44.9 Å². The van der Waals surface area contributed by atoms with Gasteiger partial charge in [0.2, 0.25) is 15.9 Å². The first-order valence-electron chi connectivity index (χ1n) is 8.28. The van der Waals surface area contributed by atoms with E-state index in [1.165, 1.54) is 4.31 Å². The number of piperidine rings is 1. The van der Waals surface area contributed by atoms with E-state index >= 15 is 0 Å². The summed E-state index contributed by atoms with van der Waals surface area (Å²) in [6, 6.07) is 3.53. The zero-order chi connectivity index (χ0) is 17.9. The van der Waals surface area contributed by atoms with E-state index in [9.17, 15) is 13.2 Å². The molecule has 0 radical (unpaired) electrons. The third kappa shape index (κ3) is 4.55. The molecule has 0 aliphatic carbocycles. The van der Waals surface area contributed by atoms with Crippen molar-refractivity contribution in [3.63, 3.8) is 0 Å². The smallest absolute Gasteiger partial charge is 0.237 e. The standard InChI is InChI=1S/C16H23N3O5S/c1-25(21,22)19(12-14-3-2-6-17-11-14)13-15(20)18-7-4-16(5-8-18)23-9-10-24-16/h2-3,6,11H,4-5,7-10,12-13H2,1H3. The quantitative estimate of drug-likeness (QED) is 0.737. The molecule has 3 rings (SSSR count). The number of nitrogens with zero attached hydrogens (tertiary/aromatic N) is 3. The third-order valence-corrected chi connectivity index (χ3v) is 5.75. The Kier molecular flexibility index (Phi) is 5.38. The molecule has 138 valence electrons. The molecule has 1 aromatic heterocycles. The Morgan fingerprint density at radius 1 is 1.32 bits per heavy atom. The lowest BCUT2D eigenvalue weighted by Gasteiger charge is -2.38. The number of aromatic nitrogens is 1. The highest BCUT2D eigenvalue weighted by Crippen LogP contribution is 2.31. The number of sulfonamides is 1. The average molecular weight is 369 g/mol. The van der Waals surface area contributed by atoms with Crippen molar-refractivity contribution >= 4 is 15.9 Å². The molecule has 0 bridgehead atoms. The summed E-state index contributed by atoms with van der Waals surface area (Å²) in [4.78, 5) is 18.2. The van der Waals surface area contributed by atoms with Crippen LogP contribution in [0.15, 0.2) is 24.5 Å². The fourth-order valence-corrected chi connectivity index (χ4v) is 3.85. The summed E-state index contributed by atoms with van der Waals surface area (Å²) >= 11 is 0. The maximum absolute atomic E-state index is 12.6. The van der Waals surface area contributed by atoms with Crippen molar-refractivity contribution in [3.8, 4) is 0 Å². The van der Waals surface area contributed by atoms with E-state index in [4.69, 9.17) is 9.47 Å². The van der Waals surface area contributed by atoms with E-state index in [1.807, 2.05) is 0 Å². The molecular weight excluding hydrogens is 346 g/mol. The maximum Gasteiger partial charge on any atom is 0.237 e. The molecule has 0 aromatic carbocycles. The van der Waals surface area contributed by atoms with E-state index in [0.29, 0.717) is 39.1 Å². The van der Waals surface area contributed by atoms with E-state index in [-0.39, 0.29) is 19.0 Å². The van der Waals surface area contributed by atoms with E-state index in [0.717, 1.165) is 11.8 Å². The predicted octanol–water partition coefficient (Wildman–Crippen LogP) is 0.209. The summed E-state index contributed by atoms with van der Waals surface area (Å²) in [5.74, 6) is -0.759. The van der Waals surface area contributed by atoms with Gasteiger partial charge in [0.1, 0.15) is 0 Å². The molecule has 25 heavy (non-hydrogen) atoms. The van der Waals surface area contributed by atoms with Gasteiger partial charge in [0.15, 0.2) is 5.79 Å². The minimum absolute atomic E-state index is 0.127. The molecule has 0 saturated carbocycles. The first-order valence-corrected chi connectivity index (χ1v) is 10.1. The van der Waals surface area contributed by atoms with Gasteiger partial charge in [0.25, 0.3) is 0 Å². The van der Waals surface area contributed by atoms with Gasteiger partial charge in [-0.2, -0.15) is 4.31 Å². The lowest BCUT2D eigenvalue weighted by Crippen LogP contribution is -2.50. The second-order valence-corrected chi connectivity index (χ2v) is 8.36. The van der Waals surface area contributed by atoms with Crippen LogP contribution in [0.25, 0.3) is 0 Å². The van der Waals surface area contributed by atoms with Crippen molar-refractivity contribution in [3.05, 3.63) is 30.1 Å². The lowest BCUT2D eigenvalue weighted by atomic mass is 10.0. The normalized spacial score (nSPS) is 20.3. The van der Waals surface area contributed by atoms with Gasteiger partial charge in [-0.05, 0) is 11.6 Å². The number of hydrogen-bond acceptors (Lipinski definition) is 6. The number of hydrogen-bond donors (Lipinski definition) is 0. The summed E-state index contributed by atoms with van der Waals surface area (Å²) in [6.07, 6.45) is 5.56. The van der Waals surface area contributed by atoms with Gasteiger partial charge in [0.05, 0.1) is 26.0 Å². The molecule has 2 aliphatic heterocycles. The SMILES string of the molecule is CS(=O)(=O)N(CC(=O)N1CCC2(CC1)OCCO2)Cc1cccnc1. The van der Waals surface area contributed by atoms with E-state index in [1.54, 1.807) is 29.4 Å². The molecule has 2 saturated heterocycles. The first-order chi connectivity index (χ1) is 11.9. The Labute approximate surface area is 147 Å². The van der Waals surface area contributed by atoms with E-state index < -0.39 is 15.8 Å². The number of carbonyl (C=O) groups is 1. The topological polar surface area (TPSA) is 89.0 Å². The highest BCUT2D eigenvalue weighted by atomic mass is 32.2. The molecule has 1 spiro atoms. The molecule has 2 aliphatic rings. The monoisotopic (exact) mass is 369 g/mol. The van der Waals surface area contributed by atoms with Gasteiger partial charge in [-0.3, -0.25) is 9.78 Å². The van der Waals surface area contributed by atoms with Crippen LogP contribution in [-0.4, -0.2) is 73.4 Å². The fourth-order valence-electron chi connectivity index (χ4n) is 3.12. The van der Waals surface area contributed by atoms with Crippen LogP contribution in [0.5, 0.6) is 0 Å². The number of amides is 1. The maximum atomic E-state index is 12.6. The highest BCUT2D eigenvalue weighted by Gasteiger charge is 2.41. The Hall–Kier alpha value is -1.55. The fraction of sp³-hybridized carbons (Fsp3) is 0.625. The van der Waals surface area contributed by atoms with Crippen molar-refractivity contribution in [2.75, 3.05) is 39.1 Å². The number of carbonyl (C=O) groups excluding carboxylic acids is 1. The number of likely N-dealkylation sites (tertiary alicyclic amines) is 1. The number of pyridine rings is 1. The Balaban J connectivity index is 1.61. The van der Waals surface area contributed by atoms with Crippen LogP contribution in [0.4, 0.5) is 0 Å². The minimum atomic E-state index is -3.51. The zero-order valence-corrected chi connectivity index (χ0v) is 15.1. The molecule has 0 N–H and O–H groups in total. The van der Waals surface area contributed by atoms with Crippen molar-refractivity contribution in [2.24, 2.45) is 0 Å². The second kappa shape index (κ2) is 7.36. The number of rotatable bonds is 5. The second-order valence-electron chi connectivity index (χ2n) is 6.38. The summed E-state index contributed by atoms with van der Waals surface area (Å²) in [7, 11) is -3.51. The van der Waals surface area contributed by atoms with Crippen LogP contribution in [0.3, 0.4) is 0 Å². The van der Waals surface area contributed by atoms with Crippen LogP contribution >= 0.6 is 0 Å². The van der Waals surface area contributed by atoms with Crippen LogP contribution in [0, 0.1) is 0 Å². The molecule has 3 heterocycles. The molecule has 2 fully saturated rings. The molecule has 9 heteroatoms. The lowest BCUT2D eigenvalue weighted by molar-refractivity contribution is -0.187. The van der Waals surface area contributed by atoms with Crippen molar-refractivity contribution in [1.82, 2.24) is 14.2 Å². The molecule has 0 unspecified atom stereocenters. The van der Waals surface area contributed by atoms with Gasteiger partial charge in [-0.1, -0.05) is 6.07 Å². The first kappa shape index (κ1) is 18.2. The summed E-state index contributed by atoms with van der Waals surface area (Å²) in [5, 5.41) is 0. The summed E-state index contributed by atoms with van der Waals surface area (Å²) in [5.41, 5.74) is 0.742. The third-order valence-electron chi connectivity index (χ3n) is 4.55. The molecule has 1 aromatic rings. The van der Waals surface area contributed by atoms with Crippen LogP contribution < -0.4 is 0 Å². The predicted molar refractivity (Wildman–Crippen MR) is 89.9 cm³/mol. The van der Waals surface area contributed by atoms with Crippen molar-refractivity contribution < 1.29 is 22.7 Å². The van der Waals surface area contributed by atoms with Crippen LogP contribution in [-0.2, 0) is 30.8 Å². The van der Waals surface area contributed by atoms with Crippen molar-refractivity contribution in [1.29, 1.82) is 0 Å². The molecular formula is C16H23N3O5S. The zero-order valence-electron chi connectivity index (χ0n) is 14.3. The summed E-state index contributed by atoms with van der Waals surface area (Å²) in [6.45, 7) is 2.12. The Morgan fingerprint density at radius 2 is 2.00 bits per heavy atom. The average Bonchev–Trinajstić information content (AvgIpc) is 3.03. The van der Waals surface area contributed by atoms with Gasteiger partial charge in [-0.15, -0.1) is 0 Å². The highest BCUT2D eigenvalue weighted by molar-refractivity contribution is 7.88. The van der Waals surface area contributed by atoms with E-state index in [2.05, 4.69) is 4.98 Å². The van der Waals surface area contributed by atoms with Gasteiger partial charge in [-0.25, -0.2) is 8.42 Å². The Bertz CT molecular complexity index is 694. The van der Waals surface area contributed by atoms with Gasteiger partial charge >= 0.3 is 0 Å². The van der Waals surface area contributed by atoms with Crippen LogP contribution in [0.2, 0.25) is 0 Å².